The van der Waals surface area contributed by atoms with Crippen LogP contribution in [0.25, 0.3) is 0 Å². The van der Waals surface area contributed by atoms with E-state index in [0.29, 0.717) is 36.5 Å². The van der Waals surface area contributed by atoms with Gasteiger partial charge in [-0.3, -0.25) is 14.5 Å². The fourth-order valence-electron chi connectivity index (χ4n) is 5.27. The van der Waals surface area contributed by atoms with E-state index >= 15 is 0 Å². The smallest absolute Gasteiger partial charge is 0.341 e. The zero-order chi connectivity index (χ0) is 25.5. The van der Waals surface area contributed by atoms with Gasteiger partial charge >= 0.3 is 12.2 Å². The maximum atomic E-state index is 13.8. The number of halogens is 3. The Balaban J connectivity index is 1.69. The highest BCUT2D eigenvalue weighted by Crippen LogP contribution is 2.39. The molecule has 0 radical (unpaired) electrons. The number of likely N-dealkylation sites (N-methyl/N-ethyl adjacent to an activating group) is 1. The van der Waals surface area contributed by atoms with E-state index in [-0.39, 0.29) is 24.3 Å². The molecule has 4 amide bonds. The quantitative estimate of drug-likeness (QED) is 0.677. The minimum absolute atomic E-state index is 0.0960. The van der Waals surface area contributed by atoms with Crippen molar-refractivity contribution in [1.29, 1.82) is 0 Å². The maximum Gasteiger partial charge on any atom is 0.416 e. The Bertz CT molecular complexity index is 1030. The highest BCUT2D eigenvalue weighted by Gasteiger charge is 2.48. The first-order valence-electron chi connectivity index (χ1n) is 12.1. The van der Waals surface area contributed by atoms with Crippen LogP contribution in [0.3, 0.4) is 0 Å². The molecule has 10 heteroatoms. The number of likely N-dealkylation sites (tertiary alicyclic amines) is 1. The minimum Gasteiger partial charge on any atom is -0.341 e. The van der Waals surface area contributed by atoms with E-state index in [0.717, 1.165) is 31.4 Å². The van der Waals surface area contributed by atoms with Crippen molar-refractivity contribution in [3.8, 4) is 0 Å². The van der Waals surface area contributed by atoms with Crippen molar-refractivity contribution in [2.24, 2.45) is 5.92 Å². The normalized spacial score (nSPS) is 22.0. The summed E-state index contributed by atoms with van der Waals surface area (Å²) in [4.78, 5) is 45.0. The molecule has 4 rings (SSSR count). The lowest BCUT2D eigenvalue weighted by molar-refractivity contribution is -0.145. The van der Waals surface area contributed by atoms with Crippen molar-refractivity contribution >= 4 is 17.8 Å². The molecule has 0 saturated carbocycles. The molecule has 7 nitrogen and oxygen atoms in total. The molecular weight excluding hydrogens is 461 g/mol. The molecular formula is C25H31F3N4O3. The average molecular weight is 493 g/mol. The van der Waals surface area contributed by atoms with Gasteiger partial charge in [-0.1, -0.05) is 26.0 Å². The van der Waals surface area contributed by atoms with Gasteiger partial charge in [0, 0.05) is 19.6 Å². The SMILES string of the molecule is CCN1C(=O)N[C@@H](c2ccc(C(F)(F)F)cc2)C2=C1CN([C@H](C(=O)N1CCCCC1)C(C)C)C2=O. The zero-order valence-electron chi connectivity index (χ0n) is 20.2. The van der Waals surface area contributed by atoms with Gasteiger partial charge in [0.15, 0.2) is 0 Å². The third-order valence-corrected chi connectivity index (χ3v) is 7.03. The first-order chi connectivity index (χ1) is 16.5. The third kappa shape index (κ3) is 4.62. The van der Waals surface area contributed by atoms with Crippen LogP contribution in [0, 0.1) is 5.92 Å². The number of rotatable bonds is 5. The average Bonchev–Trinajstić information content (AvgIpc) is 3.15. The van der Waals surface area contributed by atoms with Crippen molar-refractivity contribution in [2.45, 2.75) is 58.3 Å². The summed E-state index contributed by atoms with van der Waals surface area (Å²) in [6.45, 7) is 7.32. The van der Waals surface area contributed by atoms with Gasteiger partial charge in [-0.15, -0.1) is 0 Å². The second kappa shape index (κ2) is 9.54. The first-order valence-corrected chi connectivity index (χ1v) is 12.1. The summed E-state index contributed by atoms with van der Waals surface area (Å²) in [6, 6.07) is 2.47. The Labute approximate surface area is 202 Å². The summed E-state index contributed by atoms with van der Waals surface area (Å²) in [5, 5.41) is 2.78. The van der Waals surface area contributed by atoms with Crippen LogP contribution in [0.4, 0.5) is 18.0 Å². The summed E-state index contributed by atoms with van der Waals surface area (Å²) in [7, 11) is 0. The zero-order valence-corrected chi connectivity index (χ0v) is 20.2. The van der Waals surface area contributed by atoms with Crippen LogP contribution in [0.15, 0.2) is 35.5 Å². The molecule has 35 heavy (non-hydrogen) atoms. The van der Waals surface area contributed by atoms with E-state index in [1.807, 2.05) is 18.7 Å². The molecule has 2 atom stereocenters. The van der Waals surface area contributed by atoms with E-state index in [1.54, 1.807) is 6.92 Å². The summed E-state index contributed by atoms with van der Waals surface area (Å²) in [5.41, 5.74) is 0.388. The number of hydrogen-bond donors (Lipinski definition) is 1. The Morgan fingerprint density at radius 3 is 2.26 bits per heavy atom. The minimum atomic E-state index is -4.49. The van der Waals surface area contributed by atoms with E-state index in [9.17, 15) is 27.6 Å². The molecule has 0 aliphatic carbocycles. The van der Waals surface area contributed by atoms with Crippen LogP contribution in [0.5, 0.6) is 0 Å². The number of benzene rings is 1. The van der Waals surface area contributed by atoms with Crippen LogP contribution < -0.4 is 5.32 Å². The van der Waals surface area contributed by atoms with Crippen molar-refractivity contribution < 1.29 is 27.6 Å². The number of alkyl halides is 3. The largest absolute Gasteiger partial charge is 0.416 e. The monoisotopic (exact) mass is 492 g/mol. The molecule has 3 aliphatic heterocycles. The molecule has 1 aromatic rings. The maximum absolute atomic E-state index is 13.8. The Hall–Kier alpha value is -3.04. The second-order valence-electron chi connectivity index (χ2n) is 9.61. The molecule has 1 saturated heterocycles. The second-order valence-corrected chi connectivity index (χ2v) is 9.61. The van der Waals surface area contributed by atoms with Crippen LogP contribution in [-0.2, 0) is 15.8 Å². The lowest BCUT2D eigenvalue weighted by Crippen LogP contribution is -2.53. The lowest BCUT2D eigenvalue weighted by atomic mass is 9.94. The molecule has 1 fully saturated rings. The van der Waals surface area contributed by atoms with Crippen molar-refractivity contribution in [1.82, 2.24) is 20.0 Å². The highest BCUT2D eigenvalue weighted by atomic mass is 19.4. The lowest BCUT2D eigenvalue weighted by Gasteiger charge is -2.36. The summed E-state index contributed by atoms with van der Waals surface area (Å²) >= 11 is 0. The van der Waals surface area contributed by atoms with E-state index in [4.69, 9.17) is 0 Å². The molecule has 0 aromatic heterocycles. The molecule has 3 aliphatic rings. The van der Waals surface area contributed by atoms with Crippen molar-refractivity contribution in [2.75, 3.05) is 26.2 Å². The topological polar surface area (TPSA) is 73.0 Å². The number of nitrogens with zero attached hydrogens (tertiary/aromatic N) is 3. The molecule has 3 heterocycles. The van der Waals surface area contributed by atoms with Crippen LogP contribution in [-0.4, -0.2) is 64.8 Å². The number of amides is 4. The van der Waals surface area contributed by atoms with Gasteiger partial charge in [0.05, 0.1) is 29.4 Å². The standard InChI is InChI=1S/C25H31F3N4O3/c1-4-31-18-14-32(21(15(2)3)23(34)30-12-6-5-7-13-30)22(33)19(18)20(29-24(31)35)16-8-10-17(11-9-16)25(26,27)28/h8-11,15,20-21H,4-7,12-14H2,1-3H3,(H,29,35)/t20-,21-/m0/s1. The fourth-order valence-corrected chi connectivity index (χ4v) is 5.27. The molecule has 0 spiro atoms. The predicted molar refractivity (Wildman–Crippen MR) is 123 cm³/mol. The number of piperidine rings is 1. The third-order valence-electron chi connectivity index (χ3n) is 7.03. The summed E-state index contributed by atoms with van der Waals surface area (Å²) < 4.78 is 39.2. The molecule has 0 unspecified atom stereocenters. The Morgan fingerprint density at radius 2 is 1.71 bits per heavy atom. The van der Waals surface area contributed by atoms with Gasteiger partial charge in [0.1, 0.15) is 6.04 Å². The summed E-state index contributed by atoms with van der Waals surface area (Å²) in [5.74, 6) is -0.619. The molecule has 1 N–H and O–H groups in total. The van der Waals surface area contributed by atoms with Crippen LogP contribution in [0.2, 0.25) is 0 Å². The Kier molecular flexibility index (Phi) is 6.83. The van der Waals surface area contributed by atoms with Crippen molar-refractivity contribution in [3.63, 3.8) is 0 Å². The van der Waals surface area contributed by atoms with Gasteiger partial charge in [0.25, 0.3) is 5.91 Å². The van der Waals surface area contributed by atoms with Gasteiger partial charge in [-0.05, 0) is 49.8 Å². The number of carbonyl (C=O) groups is 3. The van der Waals surface area contributed by atoms with Crippen LogP contribution >= 0.6 is 0 Å². The predicted octanol–water partition coefficient (Wildman–Crippen LogP) is 3.93. The van der Waals surface area contributed by atoms with Gasteiger partial charge in [-0.2, -0.15) is 13.2 Å². The Morgan fingerprint density at radius 1 is 1.09 bits per heavy atom. The number of carbonyl (C=O) groups excluding carboxylic acids is 3. The van der Waals surface area contributed by atoms with E-state index < -0.39 is 29.9 Å². The molecule has 1 aromatic carbocycles. The number of urea groups is 1. The first kappa shape index (κ1) is 25.1. The van der Waals surface area contributed by atoms with Gasteiger partial charge in [0.2, 0.25) is 5.91 Å². The van der Waals surface area contributed by atoms with Gasteiger partial charge < -0.3 is 15.1 Å². The number of hydrogen-bond acceptors (Lipinski definition) is 3. The van der Waals surface area contributed by atoms with Crippen molar-refractivity contribution in [3.05, 3.63) is 46.7 Å². The summed E-state index contributed by atoms with van der Waals surface area (Å²) in [6.07, 6.45) is -1.56. The van der Waals surface area contributed by atoms with Crippen LogP contribution in [0.1, 0.15) is 57.2 Å². The van der Waals surface area contributed by atoms with Gasteiger partial charge in [-0.25, -0.2) is 4.79 Å². The van der Waals surface area contributed by atoms with E-state index in [2.05, 4.69) is 5.32 Å². The highest BCUT2D eigenvalue weighted by molar-refractivity contribution is 6.03. The molecule has 0 bridgehead atoms. The molecule has 190 valence electrons. The fraction of sp³-hybridized carbons (Fsp3) is 0.560. The number of nitrogens with one attached hydrogen (secondary N) is 1. The van der Waals surface area contributed by atoms with E-state index in [1.165, 1.54) is 21.9 Å².